The van der Waals surface area contributed by atoms with E-state index < -0.39 is 29.5 Å². The average Bonchev–Trinajstić information content (AvgIpc) is 2.61. The van der Waals surface area contributed by atoms with Gasteiger partial charge in [-0.1, -0.05) is 44.7 Å². The van der Waals surface area contributed by atoms with Crippen molar-refractivity contribution in [2.75, 3.05) is 0 Å². The Morgan fingerprint density at radius 2 is 1.91 bits per heavy atom. The Labute approximate surface area is 126 Å². The normalized spacial score (nSPS) is 22.5. The fourth-order valence-corrected chi connectivity index (χ4v) is 3.06. The van der Waals surface area contributed by atoms with Crippen LogP contribution >= 0.6 is 0 Å². The third-order valence-electron chi connectivity index (χ3n) is 4.25. The Bertz CT molecular complexity index is 608. The maximum absolute atomic E-state index is 14.7. The summed E-state index contributed by atoms with van der Waals surface area (Å²) in [5.41, 5.74) is 3.28. The number of hydrogen-bond acceptors (Lipinski definition) is 2. The lowest BCUT2D eigenvalue weighted by atomic mass is 9.81. The molecule has 22 heavy (non-hydrogen) atoms. The molecule has 0 aliphatic heterocycles. The Morgan fingerprint density at radius 1 is 1.32 bits per heavy atom. The lowest BCUT2D eigenvalue weighted by Gasteiger charge is -2.40. The van der Waals surface area contributed by atoms with Crippen LogP contribution in [0, 0.1) is 5.41 Å². The summed E-state index contributed by atoms with van der Waals surface area (Å²) in [5.74, 6) is -3.16. The topological polar surface area (TPSA) is 29.3 Å². The molecule has 6 heteroatoms. The van der Waals surface area contributed by atoms with Crippen molar-refractivity contribution in [3.05, 3.63) is 60.1 Å². The summed E-state index contributed by atoms with van der Waals surface area (Å²) in [5, 5.41) is 0. The van der Waals surface area contributed by atoms with Gasteiger partial charge in [0.2, 0.25) is 0 Å². The van der Waals surface area contributed by atoms with Crippen molar-refractivity contribution in [3.8, 4) is 0 Å². The average molecular weight is 314 g/mol. The van der Waals surface area contributed by atoms with Crippen LogP contribution in [0.3, 0.4) is 0 Å². The van der Waals surface area contributed by atoms with Crippen molar-refractivity contribution < 1.29 is 17.6 Å². The van der Waals surface area contributed by atoms with Crippen LogP contribution in [0.15, 0.2) is 48.9 Å². The first-order valence-corrected chi connectivity index (χ1v) is 6.78. The summed E-state index contributed by atoms with van der Waals surface area (Å²) in [6, 6.07) is 4.99. The van der Waals surface area contributed by atoms with E-state index in [9.17, 15) is 17.6 Å². The molecule has 2 rings (SSSR count). The van der Waals surface area contributed by atoms with E-state index in [4.69, 9.17) is 5.73 Å². The molecule has 0 fully saturated rings. The molecule has 0 amide bonds. The van der Waals surface area contributed by atoms with Gasteiger partial charge in [-0.25, -0.2) is 17.6 Å². The highest BCUT2D eigenvalue weighted by Crippen LogP contribution is 2.62. The SMILES string of the molecule is C=CN(/C(=C\N)C(F)F)C1c2ccccc2C(F)(F)C1(C)C. The Kier molecular flexibility index (Phi) is 3.98. The zero-order valence-corrected chi connectivity index (χ0v) is 12.4. The predicted molar refractivity (Wildman–Crippen MR) is 77.2 cm³/mol. The summed E-state index contributed by atoms with van der Waals surface area (Å²) in [4.78, 5) is 1.05. The molecular weight excluding hydrogens is 296 g/mol. The van der Waals surface area contributed by atoms with Gasteiger partial charge in [-0.3, -0.25) is 0 Å². The molecule has 0 saturated carbocycles. The van der Waals surface area contributed by atoms with Crippen LogP contribution in [0.25, 0.3) is 0 Å². The molecule has 0 heterocycles. The molecule has 1 aromatic carbocycles. The van der Waals surface area contributed by atoms with Crippen LogP contribution in [-0.4, -0.2) is 11.3 Å². The van der Waals surface area contributed by atoms with E-state index >= 15 is 0 Å². The van der Waals surface area contributed by atoms with Gasteiger partial charge in [0.1, 0.15) is 5.70 Å². The highest BCUT2D eigenvalue weighted by atomic mass is 19.3. The van der Waals surface area contributed by atoms with E-state index in [1.165, 1.54) is 32.0 Å². The van der Waals surface area contributed by atoms with Gasteiger partial charge in [-0.2, -0.15) is 0 Å². The standard InChI is InChI=1S/C16H18F4N2/c1-4-22(12(9-21)14(17)18)13-10-7-5-6-8-11(10)16(19,20)15(13,2)3/h4-9,13-14H,1,21H2,2-3H3/b12-9-. The van der Waals surface area contributed by atoms with Crippen molar-refractivity contribution in [1.82, 2.24) is 4.90 Å². The first-order chi connectivity index (χ1) is 10.2. The third kappa shape index (κ3) is 2.09. The summed E-state index contributed by atoms with van der Waals surface area (Å²) >= 11 is 0. The van der Waals surface area contributed by atoms with Crippen molar-refractivity contribution in [2.45, 2.75) is 32.2 Å². The maximum atomic E-state index is 14.7. The number of alkyl halides is 4. The lowest BCUT2D eigenvalue weighted by molar-refractivity contribution is -0.125. The smallest absolute Gasteiger partial charge is 0.280 e. The molecular formula is C16H18F4N2. The fourth-order valence-electron chi connectivity index (χ4n) is 3.06. The molecule has 1 atom stereocenters. The summed E-state index contributed by atoms with van der Waals surface area (Å²) in [6.07, 6.45) is -1.03. The number of fused-ring (bicyclic) bond motifs is 1. The molecule has 0 radical (unpaired) electrons. The van der Waals surface area contributed by atoms with Gasteiger partial charge in [0.05, 0.1) is 11.5 Å². The Morgan fingerprint density at radius 3 is 2.41 bits per heavy atom. The van der Waals surface area contributed by atoms with Gasteiger partial charge in [0.15, 0.2) is 0 Å². The van der Waals surface area contributed by atoms with Crippen molar-refractivity contribution in [1.29, 1.82) is 0 Å². The van der Waals surface area contributed by atoms with E-state index in [0.717, 1.165) is 17.3 Å². The zero-order chi connectivity index (χ0) is 16.7. The molecule has 1 unspecified atom stereocenters. The van der Waals surface area contributed by atoms with E-state index in [0.29, 0.717) is 5.56 Å². The van der Waals surface area contributed by atoms with E-state index in [1.807, 2.05) is 0 Å². The minimum Gasteiger partial charge on any atom is -0.403 e. The van der Waals surface area contributed by atoms with Gasteiger partial charge in [0, 0.05) is 11.8 Å². The maximum Gasteiger partial charge on any atom is 0.280 e. The van der Waals surface area contributed by atoms with Gasteiger partial charge < -0.3 is 10.6 Å². The largest absolute Gasteiger partial charge is 0.403 e. The van der Waals surface area contributed by atoms with Gasteiger partial charge in [-0.15, -0.1) is 0 Å². The first kappa shape index (κ1) is 16.4. The zero-order valence-electron chi connectivity index (χ0n) is 12.4. The second-order valence-corrected chi connectivity index (χ2v) is 5.77. The number of nitrogens with zero attached hydrogens (tertiary/aromatic N) is 1. The number of allylic oxidation sites excluding steroid dienone is 1. The minimum atomic E-state index is -3.16. The third-order valence-corrected chi connectivity index (χ3v) is 4.25. The van der Waals surface area contributed by atoms with Crippen LogP contribution in [0.4, 0.5) is 17.6 Å². The summed E-state index contributed by atoms with van der Waals surface area (Å²) in [6.45, 7) is 6.20. The fraction of sp³-hybridized carbons (Fsp3) is 0.375. The van der Waals surface area contributed by atoms with Crippen molar-refractivity contribution >= 4 is 0 Å². The molecule has 1 aliphatic carbocycles. The summed E-state index contributed by atoms with van der Waals surface area (Å²) in [7, 11) is 0. The quantitative estimate of drug-likeness (QED) is 0.836. The molecule has 120 valence electrons. The molecule has 0 aromatic heterocycles. The number of nitrogens with two attached hydrogens (primary N) is 1. The summed E-state index contributed by atoms with van der Waals surface area (Å²) < 4.78 is 55.8. The van der Waals surface area contributed by atoms with Crippen molar-refractivity contribution in [3.63, 3.8) is 0 Å². The van der Waals surface area contributed by atoms with E-state index in [-0.39, 0.29) is 5.56 Å². The van der Waals surface area contributed by atoms with Gasteiger partial charge in [-0.05, 0) is 11.8 Å². The number of rotatable bonds is 4. The predicted octanol–water partition coefficient (Wildman–Crippen LogP) is 4.37. The molecule has 0 saturated heterocycles. The van der Waals surface area contributed by atoms with Crippen LogP contribution < -0.4 is 5.73 Å². The van der Waals surface area contributed by atoms with Gasteiger partial charge in [0.25, 0.3) is 12.3 Å². The number of benzene rings is 1. The monoisotopic (exact) mass is 314 g/mol. The molecule has 2 N–H and O–H groups in total. The molecule has 0 bridgehead atoms. The van der Waals surface area contributed by atoms with Crippen molar-refractivity contribution in [2.24, 2.45) is 11.1 Å². The van der Waals surface area contributed by atoms with Crippen LogP contribution in [0.1, 0.15) is 31.0 Å². The Hall–Kier alpha value is -1.98. The molecule has 1 aromatic rings. The number of hydrogen-bond donors (Lipinski definition) is 1. The molecule has 2 nitrogen and oxygen atoms in total. The second-order valence-electron chi connectivity index (χ2n) is 5.77. The lowest BCUT2D eigenvalue weighted by Crippen LogP contribution is -2.40. The van der Waals surface area contributed by atoms with E-state index in [2.05, 4.69) is 6.58 Å². The minimum absolute atomic E-state index is 0.150. The first-order valence-electron chi connectivity index (χ1n) is 6.78. The van der Waals surface area contributed by atoms with Crippen LogP contribution in [0.2, 0.25) is 0 Å². The molecule has 0 spiro atoms. The number of halogens is 4. The van der Waals surface area contributed by atoms with E-state index in [1.54, 1.807) is 6.07 Å². The Balaban J connectivity index is 2.65. The molecule has 1 aliphatic rings. The van der Waals surface area contributed by atoms with Crippen LogP contribution in [0.5, 0.6) is 0 Å². The highest BCUT2D eigenvalue weighted by Gasteiger charge is 2.61. The van der Waals surface area contributed by atoms with Gasteiger partial charge >= 0.3 is 0 Å². The highest BCUT2D eigenvalue weighted by molar-refractivity contribution is 5.43. The van der Waals surface area contributed by atoms with Crippen LogP contribution in [-0.2, 0) is 5.92 Å². The second kappa shape index (κ2) is 5.34.